The van der Waals surface area contributed by atoms with Crippen molar-refractivity contribution in [2.45, 2.75) is 71.1 Å². The Hall–Kier alpha value is -0.490. The second-order valence-corrected chi connectivity index (χ2v) is 6.72. The molecule has 0 N–H and O–H groups in total. The lowest BCUT2D eigenvalue weighted by atomic mass is 10.1. The molecule has 0 aliphatic carbocycles. The summed E-state index contributed by atoms with van der Waals surface area (Å²) in [5.41, 5.74) is -0.455. The molecule has 1 aliphatic heterocycles. The Balaban J connectivity index is 2.43. The van der Waals surface area contributed by atoms with E-state index >= 15 is 0 Å². The third-order valence-corrected chi connectivity index (χ3v) is 2.84. The smallest absolute Gasteiger partial charge is 0.181 e. The van der Waals surface area contributed by atoms with Gasteiger partial charge < -0.3 is 23.7 Å². The highest BCUT2D eigenvalue weighted by Crippen LogP contribution is 2.28. The van der Waals surface area contributed by atoms with E-state index in [0.717, 1.165) is 12.7 Å². The van der Waals surface area contributed by atoms with Crippen molar-refractivity contribution in [2.75, 3.05) is 19.8 Å². The third kappa shape index (κ3) is 7.33. The van der Waals surface area contributed by atoms with Gasteiger partial charge in [0.1, 0.15) is 6.29 Å². The van der Waals surface area contributed by atoms with Gasteiger partial charge in [0.25, 0.3) is 0 Å². The minimum Gasteiger partial charge on any atom is -0.376 e. The first-order valence-corrected chi connectivity index (χ1v) is 7.20. The van der Waals surface area contributed by atoms with Crippen LogP contribution in [-0.2, 0) is 23.7 Å². The molecular weight excluding hydrogens is 260 g/mol. The summed E-state index contributed by atoms with van der Waals surface area (Å²) in [5, 5.41) is 0. The molecule has 0 aromatic carbocycles. The molecule has 2 unspecified atom stereocenters. The van der Waals surface area contributed by atoms with Crippen molar-refractivity contribution in [3.05, 3.63) is 0 Å². The summed E-state index contributed by atoms with van der Waals surface area (Å²) >= 11 is 0. The predicted octanol–water partition coefficient (Wildman–Crippen LogP) is 2.32. The predicted molar refractivity (Wildman–Crippen MR) is 75.6 cm³/mol. The minimum atomic E-state index is -0.441. The summed E-state index contributed by atoms with van der Waals surface area (Å²) < 4.78 is 22.9. The van der Waals surface area contributed by atoms with Crippen LogP contribution in [0.1, 0.15) is 47.5 Å². The molecule has 20 heavy (non-hydrogen) atoms. The number of ether oxygens (including phenoxy) is 4. The monoisotopic (exact) mass is 288 g/mol. The average Bonchev–Trinajstić information content (AvgIpc) is 2.62. The van der Waals surface area contributed by atoms with Crippen LogP contribution in [0.4, 0.5) is 0 Å². The fourth-order valence-electron chi connectivity index (χ4n) is 2.09. The van der Waals surface area contributed by atoms with Gasteiger partial charge in [-0.3, -0.25) is 0 Å². The van der Waals surface area contributed by atoms with Gasteiger partial charge in [-0.2, -0.15) is 0 Å². The Morgan fingerprint density at radius 1 is 1.40 bits per heavy atom. The average molecular weight is 288 g/mol. The minimum absolute atomic E-state index is 0.0204. The summed E-state index contributed by atoms with van der Waals surface area (Å²) in [6, 6.07) is 0. The lowest BCUT2D eigenvalue weighted by Crippen LogP contribution is -2.36. The van der Waals surface area contributed by atoms with E-state index in [2.05, 4.69) is 13.8 Å². The van der Waals surface area contributed by atoms with Gasteiger partial charge in [0, 0.05) is 12.8 Å². The zero-order valence-electron chi connectivity index (χ0n) is 13.3. The molecule has 0 amide bonds. The summed E-state index contributed by atoms with van der Waals surface area (Å²) in [7, 11) is 0. The molecule has 118 valence electrons. The van der Waals surface area contributed by atoms with Gasteiger partial charge in [0.2, 0.25) is 0 Å². The van der Waals surface area contributed by atoms with Gasteiger partial charge >= 0.3 is 0 Å². The van der Waals surface area contributed by atoms with Crippen molar-refractivity contribution in [2.24, 2.45) is 0 Å². The van der Waals surface area contributed by atoms with Crippen LogP contribution in [0.5, 0.6) is 0 Å². The first kappa shape index (κ1) is 17.6. The molecule has 0 radical (unpaired) electrons. The summed E-state index contributed by atoms with van der Waals surface area (Å²) in [6.07, 6.45) is 1.65. The Kier molecular flexibility index (Phi) is 6.58. The Bertz CT molecular complexity index is 295. The number of carbonyl (C=O) groups is 1. The summed E-state index contributed by atoms with van der Waals surface area (Å²) in [6.45, 7) is 11.3. The number of rotatable bonds is 8. The van der Waals surface area contributed by atoms with Crippen molar-refractivity contribution in [1.29, 1.82) is 0 Å². The van der Waals surface area contributed by atoms with Crippen LogP contribution < -0.4 is 0 Å². The van der Waals surface area contributed by atoms with E-state index in [4.69, 9.17) is 18.9 Å². The number of carbonyl (C=O) groups excluding carboxylic acids is 1. The van der Waals surface area contributed by atoms with Gasteiger partial charge in [-0.05, 0) is 34.6 Å². The summed E-state index contributed by atoms with van der Waals surface area (Å²) in [4.78, 5) is 10.3. The van der Waals surface area contributed by atoms with Crippen LogP contribution >= 0.6 is 0 Å². The van der Waals surface area contributed by atoms with Crippen LogP contribution in [0.3, 0.4) is 0 Å². The third-order valence-electron chi connectivity index (χ3n) is 2.84. The Morgan fingerprint density at radius 3 is 2.60 bits per heavy atom. The van der Waals surface area contributed by atoms with E-state index in [1.165, 1.54) is 0 Å². The molecule has 1 aliphatic rings. The highest BCUT2D eigenvalue weighted by molar-refractivity contribution is 5.49. The van der Waals surface area contributed by atoms with E-state index < -0.39 is 6.29 Å². The van der Waals surface area contributed by atoms with E-state index in [0.29, 0.717) is 26.2 Å². The fourth-order valence-corrected chi connectivity index (χ4v) is 2.09. The summed E-state index contributed by atoms with van der Waals surface area (Å²) in [5.74, 6) is 0. The zero-order chi connectivity index (χ0) is 15.2. The molecule has 0 aromatic heterocycles. The van der Waals surface area contributed by atoms with Gasteiger partial charge in [-0.25, -0.2) is 0 Å². The molecule has 0 aromatic rings. The van der Waals surface area contributed by atoms with Crippen LogP contribution in [0, 0.1) is 0 Å². The maximum absolute atomic E-state index is 10.3. The maximum Gasteiger partial charge on any atom is 0.181 e. The largest absolute Gasteiger partial charge is 0.376 e. The zero-order valence-corrected chi connectivity index (χ0v) is 13.3. The lowest BCUT2D eigenvalue weighted by Gasteiger charge is -2.29. The highest BCUT2D eigenvalue weighted by atomic mass is 16.7. The van der Waals surface area contributed by atoms with E-state index in [9.17, 15) is 4.79 Å². The van der Waals surface area contributed by atoms with Gasteiger partial charge in [-0.1, -0.05) is 0 Å². The molecule has 5 heteroatoms. The second-order valence-electron chi connectivity index (χ2n) is 6.72. The first-order valence-electron chi connectivity index (χ1n) is 7.20. The van der Waals surface area contributed by atoms with E-state index in [-0.39, 0.29) is 17.3 Å². The molecule has 1 heterocycles. The molecule has 1 saturated heterocycles. The molecule has 1 rings (SSSR count). The second kappa shape index (κ2) is 7.50. The van der Waals surface area contributed by atoms with Gasteiger partial charge in [-0.15, -0.1) is 0 Å². The molecule has 0 bridgehead atoms. The topological polar surface area (TPSA) is 54.0 Å². The van der Waals surface area contributed by atoms with Gasteiger partial charge in [0.05, 0.1) is 37.1 Å². The van der Waals surface area contributed by atoms with Crippen molar-refractivity contribution in [1.82, 2.24) is 0 Å². The van der Waals surface area contributed by atoms with Crippen LogP contribution in [0.25, 0.3) is 0 Å². The van der Waals surface area contributed by atoms with Crippen LogP contribution in [-0.4, -0.2) is 49.7 Å². The number of aldehydes is 1. The van der Waals surface area contributed by atoms with Crippen LogP contribution in [0.15, 0.2) is 0 Å². The Labute approximate surface area is 121 Å². The normalized spacial score (nSPS) is 23.8. The molecule has 1 fully saturated rings. The van der Waals surface area contributed by atoms with Crippen molar-refractivity contribution >= 4 is 6.29 Å². The number of hydrogen-bond donors (Lipinski definition) is 0. The molecule has 5 nitrogen and oxygen atoms in total. The highest BCUT2D eigenvalue weighted by Gasteiger charge is 2.35. The number of hydrogen-bond acceptors (Lipinski definition) is 5. The SMILES string of the molecule is CC(C)(C)OC(COCCC=O)OC1COC(C)(C)C1. The molecule has 0 saturated carbocycles. The van der Waals surface area contributed by atoms with E-state index in [1.807, 2.05) is 20.8 Å². The lowest BCUT2D eigenvalue weighted by molar-refractivity contribution is -0.234. The first-order chi connectivity index (χ1) is 9.22. The van der Waals surface area contributed by atoms with Crippen molar-refractivity contribution in [3.8, 4) is 0 Å². The molecule has 0 spiro atoms. The van der Waals surface area contributed by atoms with Crippen LogP contribution in [0.2, 0.25) is 0 Å². The maximum atomic E-state index is 10.3. The fraction of sp³-hybridized carbons (Fsp3) is 0.933. The van der Waals surface area contributed by atoms with Crippen molar-refractivity contribution < 1.29 is 23.7 Å². The molecule has 2 atom stereocenters. The Morgan fingerprint density at radius 2 is 2.10 bits per heavy atom. The molecular formula is C15H28O5. The quantitative estimate of drug-likeness (QED) is 0.390. The standard InChI is InChI=1S/C15H28O5/c1-14(2,3)20-13(11-17-8-6-7-16)19-12-9-15(4,5)18-10-12/h7,12-13H,6,8-11H2,1-5H3. The van der Waals surface area contributed by atoms with Gasteiger partial charge in [0.15, 0.2) is 6.29 Å². The van der Waals surface area contributed by atoms with Crippen molar-refractivity contribution in [3.63, 3.8) is 0 Å². The van der Waals surface area contributed by atoms with E-state index in [1.54, 1.807) is 0 Å².